The van der Waals surface area contributed by atoms with Crippen LogP contribution in [0.25, 0.3) is 0 Å². The minimum absolute atomic E-state index is 0.151. The Labute approximate surface area is 132 Å². The fraction of sp³-hybridized carbons (Fsp3) is 0.467. The van der Waals surface area contributed by atoms with Crippen molar-refractivity contribution in [1.29, 1.82) is 0 Å². The Morgan fingerprint density at radius 2 is 1.95 bits per heavy atom. The van der Waals surface area contributed by atoms with Gasteiger partial charge in [0.15, 0.2) is 6.10 Å². The molecule has 1 amide bonds. The van der Waals surface area contributed by atoms with E-state index in [1.165, 1.54) is 0 Å². The van der Waals surface area contributed by atoms with Gasteiger partial charge in [0.2, 0.25) is 0 Å². The molecule has 6 heteroatoms. The molecule has 0 aliphatic rings. The number of ether oxygens (including phenoxy) is 1. The molecule has 0 saturated heterocycles. The third-order valence-corrected chi connectivity index (χ3v) is 3.94. The minimum atomic E-state index is -1.04. The summed E-state index contributed by atoms with van der Waals surface area (Å²) in [5.41, 5.74) is 0. The fourth-order valence-electron chi connectivity index (χ4n) is 1.74. The number of hydrogen-bond donors (Lipinski definition) is 2. The number of nitrogens with one attached hydrogen (secondary N) is 1. The number of carbonyl (C=O) groups excluding carboxylic acids is 1. The fourth-order valence-corrected chi connectivity index (χ4v) is 2.12. The summed E-state index contributed by atoms with van der Waals surface area (Å²) in [7, 11) is 0. The summed E-state index contributed by atoms with van der Waals surface area (Å²) in [6, 6.07) is 6.26. The second-order valence-electron chi connectivity index (χ2n) is 4.90. The van der Waals surface area contributed by atoms with Gasteiger partial charge in [0.1, 0.15) is 11.8 Å². The van der Waals surface area contributed by atoms with E-state index in [-0.39, 0.29) is 5.92 Å². The van der Waals surface area contributed by atoms with Crippen molar-refractivity contribution in [3.63, 3.8) is 0 Å². The normalized spacial score (nSPS) is 14.9. The Morgan fingerprint density at radius 1 is 1.33 bits per heavy atom. The molecule has 0 spiro atoms. The lowest BCUT2D eigenvalue weighted by Crippen LogP contribution is -2.49. The summed E-state index contributed by atoms with van der Waals surface area (Å²) in [4.78, 5) is 23.3. The van der Waals surface area contributed by atoms with Gasteiger partial charge in [0.05, 0.1) is 4.47 Å². The average molecular weight is 358 g/mol. The van der Waals surface area contributed by atoms with Crippen molar-refractivity contribution in [2.45, 2.75) is 39.3 Å². The quantitative estimate of drug-likeness (QED) is 0.786. The molecule has 3 unspecified atom stereocenters. The number of hydrogen-bond acceptors (Lipinski definition) is 3. The zero-order valence-electron chi connectivity index (χ0n) is 12.3. The molecule has 0 saturated carbocycles. The molecule has 0 radical (unpaired) electrons. The van der Waals surface area contributed by atoms with E-state index < -0.39 is 24.0 Å². The number of aliphatic carboxylic acids is 1. The van der Waals surface area contributed by atoms with Gasteiger partial charge < -0.3 is 15.2 Å². The van der Waals surface area contributed by atoms with E-state index in [0.717, 1.165) is 4.47 Å². The van der Waals surface area contributed by atoms with Crippen LogP contribution in [0.4, 0.5) is 0 Å². The lowest BCUT2D eigenvalue weighted by atomic mass is 9.99. The van der Waals surface area contributed by atoms with Crippen molar-refractivity contribution in [3.8, 4) is 5.75 Å². The lowest BCUT2D eigenvalue weighted by Gasteiger charge is -2.22. The second-order valence-corrected chi connectivity index (χ2v) is 5.75. The molecular weight excluding hydrogens is 338 g/mol. The molecule has 5 nitrogen and oxygen atoms in total. The van der Waals surface area contributed by atoms with E-state index in [1.807, 2.05) is 13.0 Å². The van der Waals surface area contributed by atoms with Crippen molar-refractivity contribution in [2.75, 3.05) is 0 Å². The zero-order valence-corrected chi connectivity index (χ0v) is 13.9. The maximum Gasteiger partial charge on any atom is 0.326 e. The molecule has 0 fully saturated rings. The van der Waals surface area contributed by atoms with Gasteiger partial charge in [-0.1, -0.05) is 32.4 Å². The minimum Gasteiger partial charge on any atom is -0.480 e. The number of halogens is 1. The molecule has 1 aromatic carbocycles. The van der Waals surface area contributed by atoms with E-state index in [9.17, 15) is 14.7 Å². The Morgan fingerprint density at radius 3 is 2.48 bits per heavy atom. The molecule has 1 rings (SSSR count). The molecule has 2 N–H and O–H groups in total. The van der Waals surface area contributed by atoms with Gasteiger partial charge in [-0.05, 0) is 40.9 Å². The Kier molecular flexibility index (Phi) is 6.68. The highest BCUT2D eigenvalue weighted by Crippen LogP contribution is 2.24. The summed E-state index contributed by atoms with van der Waals surface area (Å²) in [6.07, 6.45) is -0.119. The van der Waals surface area contributed by atoms with E-state index in [4.69, 9.17) is 4.74 Å². The molecule has 1 aromatic rings. The van der Waals surface area contributed by atoms with Crippen LogP contribution in [0, 0.1) is 5.92 Å². The summed E-state index contributed by atoms with van der Waals surface area (Å²) >= 11 is 3.33. The summed E-state index contributed by atoms with van der Waals surface area (Å²) in [5, 5.41) is 11.7. The van der Waals surface area contributed by atoms with Crippen LogP contribution < -0.4 is 10.1 Å². The smallest absolute Gasteiger partial charge is 0.326 e. The maximum absolute atomic E-state index is 12.1. The Bertz CT molecular complexity index is 506. The van der Waals surface area contributed by atoms with E-state index in [1.54, 1.807) is 32.0 Å². The maximum atomic E-state index is 12.1. The monoisotopic (exact) mass is 357 g/mol. The van der Waals surface area contributed by atoms with Crippen LogP contribution in [0.3, 0.4) is 0 Å². The SMILES string of the molecule is CCC(C)C(NC(=O)C(C)Oc1ccccc1Br)C(=O)O. The largest absolute Gasteiger partial charge is 0.480 e. The standard InChI is InChI=1S/C15H20BrNO4/c1-4-9(2)13(15(19)20)17-14(18)10(3)21-12-8-6-5-7-11(12)16/h5-10,13H,4H2,1-3H3,(H,17,18)(H,19,20). The molecule has 0 bridgehead atoms. The van der Waals surface area contributed by atoms with Crippen molar-refractivity contribution in [1.82, 2.24) is 5.32 Å². The van der Waals surface area contributed by atoms with Crippen molar-refractivity contribution in [2.24, 2.45) is 5.92 Å². The molecule has 0 aromatic heterocycles. The van der Waals surface area contributed by atoms with E-state index in [2.05, 4.69) is 21.2 Å². The number of carbonyl (C=O) groups is 2. The first kappa shape index (κ1) is 17.5. The van der Waals surface area contributed by atoms with Crippen LogP contribution in [-0.4, -0.2) is 29.1 Å². The van der Waals surface area contributed by atoms with Gasteiger partial charge in [-0.3, -0.25) is 4.79 Å². The molecule has 21 heavy (non-hydrogen) atoms. The van der Waals surface area contributed by atoms with Gasteiger partial charge >= 0.3 is 5.97 Å². The average Bonchev–Trinajstić information content (AvgIpc) is 2.45. The van der Waals surface area contributed by atoms with Gasteiger partial charge in [-0.15, -0.1) is 0 Å². The molecule has 0 aliphatic heterocycles. The van der Waals surface area contributed by atoms with E-state index in [0.29, 0.717) is 12.2 Å². The highest BCUT2D eigenvalue weighted by Gasteiger charge is 2.28. The Balaban J connectivity index is 2.70. The van der Waals surface area contributed by atoms with Crippen LogP contribution in [0.15, 0.2) is 28.7 Å². The lowest BCUT2D eigenvalue weighted by molar-refractivity contribution is -0.144. The third kappa shape index (κ3) is 5.04. The molecule has 0 aliphatic carbocycles. The van der Waals surface area contributed by atoms with Crippen molar-refractivity contribution >= 4 is 27.8 Å². The predicted molar refractivity (Wildman–Crippen MR) is 83.3 cm³/mol. The summed E-state index contributed by atoms with van der Waals surface area (Å²) < 4.78 is 6.29. The van der Waals surface area contributed by atoms with Crippen LogP contribution in [0.2, 0.25) is 0 Å². The number of carboxylic acids is 1. The van der Waals surface area contributed by atoms with Crippen LogP contribution >= 0.6 is 15.9 Å². The molecule has 3 atom stereocenters. The van der Waals surface area contributed by atoms with Gasteiger partial charge in [0.25, 0.3) is 5.91 Å². The van der Waals surface area contributed by atoms with Crippen LogP contribution in [0.1, 0.15) is 27.2 Å². The topological polar surface area (TPSA) is 75.6 Å². The summed E-state index contributed by atoms with van der Waals surface area (Å²) in [5.74, 6) is -1.10. The first-order chi connectivity index (χ1) is 9.86. The number of rotatable bonds is 7. The first-order valence-electron chi connectivity index (χ1n) is 6.81. The van der Waals surface area contributed by atoms with Crippen LogP contribution in [-0.2, 0) is 9.59 Å². The van der Waals surface area contributed by atoms with Crippen molar-refractivity contribution < 1.29 is 19.4 Å². The number of para-hydroxylation sites is 1. The van der Waals surface area contributed by atoms with Gasteiger partial charge in [0, 0.05) is 0 Å². The second kappa shape index (κ2) is 8.02. The number of amides is 1. The molecule has 0 heterocycles. The highest BCUT2D eigenvalue weighted by molar-refractivity contribution is 9.10. The Hall–Kier alpha value is -1.56. The first-order valence-corrected chi connectivity index (χ1v) is 7.60. The molecule has 116 valence electrons. The zero-order chi connectivity index (χ0) is 16.0. The number of carboxylic acid groups (broad SMARTS) is 1. The number of benzene rings is 1. The molecular formula is C15H20BrNO4. The van der Waals surface area contributed by atoms with Crippen molar-refractivity contribution in [3.05, 3.63) is 28.7 Å². The summed E-state index contributed by atoms with van der Waals surface area (Å²) in [6.45, 7) is 5.26. The van der Waals surface area contributed by atoms with E-state index >= 15 is 0 Å². The van der Waals surface area contributed by atoms with Crippen LogP contribution in [0.5, 0.6) is 5.75 Å². The third-order valence-electron chi connectivity index (χ3n) is 3.29. The predicted octanol–water partition coefficient (Wildman–Crippen LogP) is 2.83. The van der Waals surface area contributed by atoms with Gasteiger partial charge in [-0.25, -0.2) is 4.79 Å². The highest BCUT2D eigenvalue weighted by atomic mass is 79.9. The van der Waals surface area contributed by atoms with Gasteiger partial charge in [-0.2, -0.15) is 0 Å².